The molecule has 7 nitrogen and oxygen atoms in total. The van der Waals surface area contributed by atoms with Gasteiger partial charge >= 0.3 is 0 Å². The van der Waals surface area contributed by atoms with Gasteiger partial charge in [-0.25, -0.2) is 0 Å². The average molecular weight is 416 g/mol. The fourth-order valence-electron chi connectivity index (χ4n) is 4.30. The molecule has 3 amide bonds. The summed E-state index contributed by atoms with van der Waals surface area (Å²) in [6.45, 7) is 9.51. The van der Waals surface area contributed by atoms with Gasteiger partial charge in [-0.15, -0.1) is 0 Å². The number of benzene rings is 1. The highest BCUT2D eigenvalue weighted by Crippen LogP contribution is 2.30. The number of hydrogen-bond donors (Lipinski definition) is 1. The zero-order valence-electron chi connectivity index (χ0n) is 18.7. The molecule has 0 saturated carbocycles. The smallest absolute Gasteiger partial charge is 0.227 e. The Balaban J connectivity index is 1.55. The Kier molecular flexibility index (Phi) is 6.38. The summed E-state index contributed by atoms with van der Waals surface area (Å²) in [5, 5.41) is 2.98. The Morgan fingerprint density at radius 2 is 1.80 bits per heavy atom. The minimum atomic E-state index is -0.279. The van der Waals surface area contributed by atoms with Gasteiger partial charge < -0.3 is 19.9 Å². The van der Waals surface area contributed by atoms with Crippen LogP contribution >= 0.6 is 0 Å². The number of carbonyl (C=O) groups is 3. The second-order valence-electron chi connectivity index (χ2n) is 9.37. The summed E-state index contributed by atoms with van der Waals surface area (Å²) in [4.78, 5) is 41.6. The van der Waals surface area contributed by atoms with Crippen molar-refractivity contribution in [1.82, 2.24) is 9.80 Å². The number of anilines is 1. The number of likely N-dealkylation sites (tertiary alicyclic amines) is 2. The van der Waals surface area contributed by atoms with Gasteiger partial charge in [0.2, 0.25) is 17.7 Å². The molecule has 2 heterocycles. The number of carbonyl (C=O) groups excluding carboxylic acids is 3. The SMILES string of the molecule is COc1ccc(C)cc1NC(=O)C1CCN(C(=O)C2CC(=O)N(C(C)(C)C)C2)CC1. The van der Waals surface area contributed by atoms with Gasteiger partial charge in [0, 0.05) is 37.5 Å². The van der Waals surface area contributed by atoms with Crippen LogP contribution in [0.4, 0.5) is 5.69 Å². The minimum absolute atomic E-state index is 0.0364. The Bertz CT molecular complexity index is 822. The highest BCUT2D eigenvalue weighted by atomic mass is 16.5. The summed E-state index contributed by atoms with van der Waals surface area (Å²) in [5.41, 5.74) is 1.45. The van der Waals surface area contributed by atoms with Gasteiger partial charge in [0.1, 0.15) is 5.75 Å². The topological polar surface area (TPSA) is 79.0 Å². The van der Waals surface area contributed by atoms with Crippen LogP contribution in [0.15, 0.2) is 18.2 Å². The van der Waals surface area contributed by atoms with E-state index >= 15 is 0 Å². The number of rotatable bonds is 4. The van der Waals surface area contributed by atoms with E-state index in [2.05, 4.69) is 5.32 Å². The van der Waals surface area contributed by atoms with Crippen molar-refractivity contribution in [1.29, 1.82) is 0 Å². The number of nitrogens with zero attached hydrogens (tertiary/aromatic N) is 2. The molecule has 0 aliphatic carbocycles. The summed E-state index contributed by atoms with van der Waals surface area (Å²) >= 11 is 0. The summed E-state index contributed by atoms with van der Waals surface area (Å²) in [6.07, 6.45) is 1.52. The van der Waals surface area contributed by atoms with E-state index < -0.39 is 0 Å². The molecular weight excluding hydrogens is 382 g/mol. The Morgan fingerprint density at radius 1 is 1.13 bits per heavy atom. The minimum Gasteiger partial charge on any atom is -0.495 e. The lowest BCUT2D eigenvalue weighted by atomic mass is 9.94. The zero-order valence-corrected chi connectivity index (χ0v) is 18.7. The third-order valence-corrected chi connectivity index (χ3v) is 6.07. The van der Waals surface area contributed by atoms with E-state index in [4.69, 9.17) is 4.74 Å². The van der Waals surface area contributed by atoms with Gasteiger partial charge in [0.25, 0.3) is 0 Å². The Hall–Kier alpha value is -2.57. The molecule has 0 spiro atoms. The summed E-state index contributed by atoms with van der Waals surface area (Å²) < 4.78 is 5.34. The molecule has 164 valence electrons. The molecule has 2 aliphatic rings. The highest BCUT2D eigenvalue weighted by molar-refractivity contribution is 5.94. The monoisotopic (exact) mass is 415 g/mol. The van der Waals surface area contributed by atoms with Gasteiger partial charge in [-0.3, -0.25) is 14.4 Å². The van der Waals surface area contributed by atoms with Crippen LogP contribution in [0.1, 0.15) is 45.6 Å². The second-order valence-corrected chi connectivity index (χ2v) is 9.37. The van der Waals surface area contributed by atoms with Crippen molar-refractivity contribution in [2.45, 2.75) is 52.5 Å². The zero-order chi connectivity index (χ0) is 22.1. The lowest BCUT2D eigenvalue weighted by Gasteiger charge is -2.34. The van der Waals surface area contributed by atoms with E-state index in [1.807, 2.05) is 50.8 Å². The van der Waals surface area contributed by atoms with Crippen LogP contribution < -0.4 is 10.1 Å². The van der Waals surface area contributed by atoms with Crippen molar-refractivity contribution >= 4 is 23.4 Å². The maximum atomic E-state index is 12.9. The molecule has 0 bridgehead atoms. The number of aryl methyl sites for hydroxylation is 1. The van der Waals surface area contributed by atoms with Crippen LogP contribution in [0.5, 0.6) is 5.75 Å². The normalized spacial score (nSPS) is 20.4. The average Bonchev–Trinajstić information content (AvgIpc) is 3.10. The summed E-state index contributed by atoms with van der Waals surface area (Å²) in [6, 6.07) is 5.68. The third-order valence-electron chi connectivity index (χ3n) is 6.07. The molecule has 7 heteroatoms. The van der Waals surface area contributed by atoms with Gasteiger partial charge in [-0.05, 0) is 58.2 Å². The molecule has 2 aliphatic heterocycles. The molecule has 0 aromatic heterocycles. The van der Waals surface area contributed by atoms with Crippen LogP contribution in [-0.4, -0.2) is 59.8 Å². The van der Waals surface area contributed by atoms with Crippen LogP contribution in [0.3, 0.4) is 0 Å². The second kappa shape index (κ2) is 8.66. The van der Waals surface area contributed by atoms with Crippen LogP contribution in [0.2, 0.25) is 0 Å². The molecule has 1 atom stereocenters. The maximum Gasteiger partial charge on any atom is 0.227 e. The number of nitrogens with one attached hydrogen (secondary N) is 1. The van der Waals surface area contributed by atoms with Crippen molar-refractivity contribution in [3.63, 3.8) is 0 Å². The van der Waals surface area contributed by atoms with Crippen molar-refractivity contribution in [2.24, 2.45) is 11.8 Å². The molecular formula is C23H33N3O4. The predicted octanol–water partition coefficient (Wildman–Crippen LogP) is 2.83. The first-order chi connectivity index (χ1) is 14.1. The van der Waals surface area contributed by atoms with Crippen molar-refractivity contribution in [3.8, 4) is 5.75 Å². The van der Waals surface area contributed by atoms with Crippen LogP contribution in [-0.2, 0) is 14.4 Å². The molecule has 0 radical (unpaired) electrons. The van der Waals surface area contributed by atoms with Crippen molar-refractivity contribution in [3.05, 3.63) is 23.8 Å². The fourth-order valence-corrected chi connectivity index (χ4v) is 4.30. The van der Waals surface area contributed by atoms with Gasteiger partial charge in [0.05, 0.1) is 18.7 Å². The molecule has 1 unspecified atom stereocenters. The quantitative estimate of drug-likeness (QED) is 0.820. The van der Waals surface area contributed by atoms with E-state index in [-0.39, 0.29) is 41.5 Å². The van der Waals surface area contributed by atoms with E-state index in [9.17, 15) is 14.4 Å². The Morgan fingerprint density at radius 3 is 2.37 bits per heavy atom. The summed E-state index contributed by atoms with van der Waals surface area (Å²) in [7, 11) is 1.58. The van der Waals surface area contributed by atoms with Crippen molar-refractivity contribution in [2.75, 3.05) is 32.1 Å². The lowest BCUT2D eigenvalue weighted by molar-refractivity contribution is -0.138. The van der Waals surface area contributed by atoms with Gasteiger partial charge in [-0.2, -0.15) is 0 Å². The standard InChI is InChI=1S/C23H33N3O4/c1-15-6-7-19(30-5)18(12-15)24-21(28)16-8-10-25(11-9-16)22(29)17-13-20(27)26(14-17)23(2,3)4/h6-7,12,16-17H,8-11,13-14H2,1-5H3,(H,24,28). The number of methoxy groups -OCH3 is 1. The lowest BCUT2D eigenvalue weighted by Crippen LogP contribution is -2.46. The number of piperidine rings is 1. The first kappa shape index (κ1) is 22.1. The number of amides is 3. The molecule has 3 rings (SSSR count). The van der Waals surface area contributed by atoms with E-state index in [1.165, 1.54) is 0 Å². The predicted molar refractivity (Wildman–Crippen MR) is 115 cm³/mol. The fraction of sp³-hybridized carbons (Fsp3) is 0.609. The maximum absolute atomic E-state index is 12.9. The number of ether oxygens (including phenoxy) is 1. The molecule has 1 aromatic carbocycles. The molecule has 2 saturated heterocycles. The van der Waals surface area contributed by atoms with Crippen molar-refractivity contribution < 1.29 is 19.1 Å². The first-order valence-electron chi connectivity index (χ1n) is 10.6. The van der Waals surface area contributed by atoms with E-state index in [1.54, 1.807) is 12.0 Å². The molecule has 1 aromatic rings. The van der Waals surface area contributed by atoms with E-state index in [0.29, 0.717) is 43.9 Å². The van der Waals surface area contributed by atoms with Crippen LogP contribution in [0, 0.1) is 18.8 Å². The first-order valence-corrected chi connectivity index (χ1v) is 10.6. The third kappa shape index (κ3) is 4.77. The van der Waals surface area contributed by atoms with E-state index in [0.717, 1.165) is 5.56 Å². The molecule has 2 fully saturated rings. The molecule has 1 N–H and O–H groups in total. The highest BCUT2D eigenvalue weighted by Gasteiger charge is 2.41. The van der Waals surface area contributed by atoms with Crippen LogP contribution in [0.25, 0.3) is 0 Å². The molecule has 30 heavy (non-hydrogen) atoms. The van der Waals surface area contributed by atoms with Gasteiger partial charge in [-0.1, -0.05) is 6.07 Å². The Labute approximate surface area is 178 Å². The largest absolute Gasteiger partial charge is 0.495 e. The van der Waals surface area contributed by atoms with Gasteiger partial charge in [0.15, 0.2) is 0 Å². The number of hydrogen-bond acceptors (Lipinski definition) is 4. The summed E-state index contributed by atoms with van der Waals surface area (Å²) in [5.74, 6) is 0.252.